The number of carbonyl (C=O) groups is 1. The highest BCUT2D eigenvalue weighted by Crippen LogP contribution is 2.30. The predicted octanol–water partition coefficient (Wildman–Crippen LogP) is 3.95. The third kappa shape index (κ3) is 2.52. The molecule has 0 aliphatic heterocycles. The Kier molecular flexibility index (Phi) is 3.13. The second-order valence-electron chi connectivity index (χ2n) is 4.72. The van der Waals surface area contributed by atoms with Crippen LogP contribution < -0.4 is 0 Å². The second-order valence-corrected chi connectivity index (χ2v) is 4.72. The largest absolute Gasteiger partial charge is 0.477 e. The van der Waals surface area contributed by atoms with E-state index in [1.54, 1.807) is 18.2 Å². The fraction of sp³-hybridized carbons (Fsp3) is 0.0667. The maximum absolute atomic E-state index is 12.5. The van der Waals surface area contributed by atoms with Crippen LogP contribution in [0, 0.1) is 0 Å². The summed E-state index contributed by atoms with van der Waals surface area (Å²) >= 11 is 0. The molecule has 0 unspecified atom stereocenters. The average Bonchev–Trinajstić information content (AvgIpc) is 2.89. The first-order chi connectivity index (χ1) is 10.3. The number of alkyl halides is 3. The molecule has 1 aromatic carbocycles. The zero-order chi connectivity index (χ0) is 15.9. The number of carboxylic acids is 1. The Bertz CT molecular complexity index is 851. The van der Waals surface area contributed by atoms with Crippen LogP contribution in [0.4, 0.5) is 13.2 Å². The van der Waals surface area contributed by atoms with Gasteiger partial charge in [-0.2, -0.15) is 13.2 Å². The SMILES string of the molecule is O=C(O)c1cc2ccc(-c3ccc(C(F)(F)F)cn3)cc2[nH]1. The summed E-state index contributed by atoms with van der Waals surface area (Å²) in [6.45, 7) is 0. The smallest absolute Gasteiger partial charge is 0.417 e. The van der Waals surface area contributed by atoms with E-state index in [1.807, 2.05) is 0 Å². The highest BCUT2D eigenvalue weighted by molar-refractivity contribution is 5.94. The number of aromatic nitrogens is 2. The molecule has 0 amide bonds. The molecule has 7 heteroatoms. The Morgan fingerprint density at radius 1 is 1.14 bits per heavy atom. The van der Waals surface area contributed by atoms with E-state index in [4.69, 9.17) is 5.11 Å². The van der Waals surface area contributed by atoms with Crippen LogP contribution in [-0.4, -0.2) is 21.0 Å². The molecule has 0 saturated carbocycles. The molecule has 0 radical (unpaired) electrons. The van der Waals surface area contributed by atoms with Crippen LogP contribution in [0.1, 0.15) is 16.1 Å². The van der Waals surface area contributed by atoms with E-state index in [9.17, 15) is 18.0 Å². The second kappa shape index (κ2) is 4.87. The van der Waals surface area contributed by atoms with Crippen LogP contribution in [0.3, 0.4) is 0 Å². The van der Waals surface area contributed by atoms with Gasteiger partial charge in [-0.05, 0) is 24.3 Å². The monoisotopic (exact) mass is 306 g/mol. The lowest BCUT2D eigenvalue weighted by molar-refractivity contribution is -0.137. The van der Waals surface area contributed by atoms with Crippen LogP contribution in [0.15, 0.2) is 42.6 Å². The van der Waals surface area contributed by atoms with E-state index >= 15 is 0 Å². The molecule has 4 nitrogen and oxygen atoms in total. The molecule has 2 aromatic heterocycles. The molecule has 0 spiro atoms. The normalized spacial score (nSPS) is 11.8. The lowest BCUT2D eigenvalue weighted by atomic mass is 10.1. The van der Waals surface area contributed by atoms with E-state index < -0.39 is 17.7 Å². The van der Waals surface area contributed by atoms with Gasteiger partial charge in [0.05, 0.1) is 11.3 Å². The van der Waals surface area contributed by atoms with Crippen molar-refractivity contribution in [2.75, 3.05) is 0 Å². The van der Waals surface area contributed by atoms with E-state index in [0.717, 1.165) is 12.3 Å². The third-order valence-corrected chi connectivity index (χ3v) is 3.24. The summed E-state index contributed by atoms with van der Waals surface area (Å²) in [4.78, 5) is 17.5. The standard InChI is InChI=1S/C15H9F3N2O2/c16-15(17,18)10-3-4-11(19-7-10)8-1-2-9-6-13(14(21)22)20-12(9)5-8/h1-7,20H,(H,21,22). The summed E-state index contributed by atoms with van der Waals surface area (Å²) in [5, 5.41) is 9.63. The Balaban J connectivity index is 2.01. The molecular weight excluding hydrogens is 297 g/mol. The highest BCUT2D eigenvalue weighted by atomic mass is 19.4. The maximum atomic E-state index is 12.5. The molecule has 3 rings (SSSR count). The number of H-pyrrole nitrogens is 1. The van der Waals surface area contributed by atoms with Gasteiger partial charge in [0.25, 0.3) is 0 Å². The number of aromatic carboxylic acids is 1. The number of nitrogens with one attached hydrogen (secondary N) is 1. The summed E-state index contributed by atoms with van der Waals surface area (Å²) in [6, 6.07) is 8.75. The molecule has 0 aliphatic carbocycles. The van der Waals surface area contributed by atoms with Gasteiger partial charge >= 0.3 is 12.1 Å². The molecule has 3 aromatic rings. The quantitative estimate of drug-likeness (QED) is 0.753. The average molecular weight is 306 g/mol. The number of rotatable bonds is 2. The van der Waals surface area contributed by atoms with Crippen LogP contribution in [0.5, 0.6) is 0 Å². The van der Waals surface area contributed by atoms with Gasteiger partial charge in [-0.3, -0.25) is 4.98 Å². The first kappa shape index (κ1) is 14.1. The number of aromatic amines is 1. The summed E-state index contributed by atoms with van der Waals surface area (Å²) in [6.07, 6.45) is -3.65. The molecule has 0 bridgehead atoms. The fourth-order valence-corrected chi connectivity index (χ4v) is 2.13. The van der Waals surface area contributed by atoms with E-state index in [-0.39, 0.29) is 5.69 Å². The Morgan fingerprint density at radius 3 is 2.50 bits per heavy atom. The van der Waals surface area contributed by atoms with Crippen molar-refractivity contribution in [2.45, 2.75) is 6.18 Å². The molecule has 0 aliphatic rings. The molecule has 112 valence electrons. The summed E-state index contributed by atoms with van der Waals surface area (Å²) in [7, 11) is 0. The lowest BCUT2D eigenvalue weighted by Gasteiger charge is -2.07. The molecule has 22 heavy (non-hydrogen) atoms. The summed E-state index contributed by atoms with van der Waals surface area (Å²) in [5.41, 5.74) is 0.788. The third-order valence-electron chi connectivity index (χ3n) is 3.24. The lowest BCUT2D eigenvalue weighted by Crippen LogP contribution is -2.05. The number of halogens is 3. The number of hydrogen-bond acceptors (Lipinski definition) is 2. The van der Waals surface area contributed by atoms with Gasteiger partial charge in [-0.25, -0.2) is 4.79 Å². The number of nitrogens with zero attached hydrogens (tertiary/aromatic N) is 1. The van der Waals surface area contributed by atoms with Gasteiger partial charge in [-0.15, -0.1) is 0 Å². The zero-order valence-corrected chi connectivity index (χ0v) is 11.0. The maximum Gasteiger partial charge on any atom is 0.417 e. The van der Waals surface area contributed by atoms with E-state index in [1.165, 1.54) is 12.1 Å². The van der Waals surface area contributed by atoms with Crippen molar-refractivity contribution in [3.63, 3.8) is 0 Å². The molecule has 0 atom stereocenters. The van der Waals surface area contributed by atoms with Crippen molar-refractivity contribution >= 4 is 16.9 Å². The first-order valence-corrected chi connectivity index (χ1v) is 6.24. The zero-order valence-electron chi connectivity index (χ0n) is 11.0. The van der Waals surface area contributed by atoms with Crippen LogP contribution in [0.25, 0.3) is 22.2 Å². The number of hydrogen-bond donors (Lipinski definition) is 2. The van der Waals surface area contributed by atoms with Gasteiger partial charge in [-0.1, -0.05) is 12.1 Å². The predicted molar refractivity (Wildman–Crippen MR) is 73.5 cm³/mol. The van der Waals surface area contributed by atoms with Crippen molar-refractivity contribution < 1.29 is 23.1 Å². The minimum atomic E-state index is -4.43. The van der Waals surface area contributed by atoms with E-state index in [2.05, 4.69) is 9.97 Å². The van der Waals surface area contributed by atoms with Crippen molar-refractivity contribution in [1.29, 1.82) is 0 Å². The topological polar surface area (TPSA) is 66.0 Å². The Hall–Kier alpha value is -2.83. The van der Waals surface area contributed by atoms with Crippen molar-refractivity contribution in [2.24, 2.45) is 0 Å². The Labute approximate surface area is 122 Å². The van der Waals surface area contributed by atoms with Crippen molar-refractivity contribution in [1.82, 2.24) is 9.97 Å². The highest BCUT2D eigenvalue weighted by Gasteiger charge is 2.30. The van der Waals surface area contributed by atoms with Gasteiger partial charge in [0.2, 0.25) is 0 Å². The van der Waals surface area contributed by atoms with Crippen LogP contribution in [0.2, 0.25) is 0 Å². The minimum Gasteiger partial charge on any atom is -0.477 e. The van der Waals surface area contributed by atoms with Gasteiger partial charge in [0.15, 0.2) is 0 Å². The van der Waals surface area contributed by atoms with Gasteiger partial charge in [0.1, 0.15) is 5.69 Å². The fourth-order valence-electron chi connectivity index (χ4n) is 2.13. The van der Waals surface area contributed by atoms with E-state index in [0.29, 0.717) is 22.2 Å². The molecule has 2 heterocycles. The Morgan fingerprint density at radius 2 is 1.91 bits per heavy atom. The molecular formula is C15H9F3N2O2. The first-order valence-electron chi connectivity index (χ1n) is 6.24. The number of pyridine rings is 1. The van der Waals surface area contributed by atoms with Crippen LogP contribution in [-0.2, 0) is 6.18 Å². The number of fused-ring (bicyclic) bond motifs is 1. The van der Waals surface area contributed by atoms with Gasteiger partial charge < -0.3 is 10.1 Å². The summed E-state index contributed by atoms with van der Waals surface area (Å²) < 4.78 is 37.5. The minimum absolute atomic E-state index is 0.0486. The molecule has 2 N–H and O–H groups in total. The number of benzene rings is 1. The van der Waals surface area contributed by atoms with Crippen molar-refractivity contribution in [3.05, 3.63) is 53.9 Å². The van der Waals surface area contributed by atoms with Crippen molar-refractivity contribution in [3.8, 4) is 11.3 Å². The summed E-state index contributed by atoms with van der Waals surface area (Å²) in [5.74, 6) is -1.08. The molecule has 0 saturated heterocycles. The van der Waals surface area contributed by atoms with Crippen LogP contribution >= 0.6 is 0 Å². The molecule has 0 fully saturated rings. The van der Waals surface area contributed by atoms with Gasteiger partial charge in [0, 0.05) is 22.7 Å². The number of carboxylic acid groups (broad SMARTS) is 1.